The summed E-state index contributed by atoms with van der Waals surface area (Å²) in [5.41, 5.74) is 0. The monoisotopic (exact) mass is 418 g/mol. The summed E-state index contributed by atoms with van der Waals surface area (Å²) in [6.45, 7) is -1.05. The van der Waals surface area contributed by atoms with Crippen molar-refractivity contribution < 1.29 is 42.5 Å². The lowest BCUT2D eigenvalue weighted by atomic mass is 10.3. The van der Waals surface area contributed by atoms with Gasteiger partial charge in [0.25, 0.3) is 20.2 Å². The molecule has 1 aromatic rings. The van der Waals surface area contributed by atoms with Gasteiger partial charge in [0.05, 0.1) is 25.4 Å². The zero-order valence-electron chi connectivity index (χ0n) is 13.6. The maximum Gasteiger partial charge on any atom is 0.306 e. The lowest BCUT2D eigenvalue weighted by Crippen LogP contribution is -2.30. The van der Waals surface area contributed by atoms with Gasteiger partial charge in [0, 0.05) is 0 Å². The molecule has 144 valence electrons. The molecule has 0 bridgehead atoms. The molecule has 0 radical (unpaired) electrons. The fourth-order valence-electron chi connectivity index (χ4n) is 1.53. The first-order valence-electron chi connectivity index (χ1n) is 6.59. The maximum atomic E-state index is 11.2. The molecule has 1 rings (SSSR count). The van der Waals surface area contributed by atoms with Gasteiger partial charge in [0.1, 0.15) is 12.7 Å². The molecule has 0 spiro atoms. The van der Waals surface area contributed by atoms with Gasteiger partial charge < -0.3 is 8.92 Å². The van der Waals surface area contributed by atoms with Crippen molar-refractivity contribution in [3.63, 3.8) is 0 Å². The predicted molar refractivity (Wildman–Crippen MR) is 87.9 cm³/mol. The van der Waals surface area contributed by atoms with Crippen LogP contribution in [0.1, 0.15) is 0 Å². The summed E-state index contributed by atoms with van der Waals surface area (Å²) in [5.74, 6) is -0.124. The summed E-state index contributed by atoms with van der Waals surface area (Å²) in [4.78, 5) is 0. The van der Waals surface area contributed by atoms with E-state index in [1.165, 1.54) is 24.3 Å². The van der Waals surface area contributed by atoms with Crippen LogP contribution in [0, 0.1) is 0 Å². The van der Waals surface area contributed by atoms with E-state index < -0.39 is 49.7 Å². The Morgan fingerprint density at radius 1 is 0.800 bits per heavy atom. The fourth-order valence-corrected chi connectivity index (χ4v) is 3.00. The van der Waals surface area contributed by atoms with Gasteiger partial charge in [0.2, 0.25) is 0 Å². The molecule has 1 aromatic carbocycles. The van der Waals surface area contributed by atoms with Crippen molar-refractivity contribution in [3.05, 3.63) is 24.3 Å². The van der Waals surface area contributed by atoms with Crippen LogP contribution < -0.4 is 8.92 Å². The van der Waals surface area contributed by atoms with E-state index in [2.05, 4.69) is 4.18 Å². The van der Waals surface area contributed by atoms with E-state index in [-0.39, 0.29) is 11.5 Å². The summed E-state index contributed by atoms with van der Waals surface area (Å²) >= 11 is 0. The Hall–Kier alpha value is -1.41. The third-order valence-corrected chi connectivity index (χ3v) is 3.96. The Balaban J connectivity index is 2.88. The average Bonchev–Trinajstić information content (AvgIpc) is 2.39. The van der Waals surface area contributed by atoms with Crippen LogP contribution >= 0.6 is 0 Å². The van der Waals surface area contributed by atoms with Crippen molar-refractivity contribution >= 4 is 30.4 Å². The van der Waals surface area contributed by atoms with Crippen LogP contribution in [0.2, 0.25) is 0 Å². The van der Waals surface area contributed by atoms with Crippen molar-refractivity contribution in [2.75, 3.05) is 32.0 Å². The van der Waals surface area contributed by atoms with Crippen LogP contribution in [0.5, 0.6) is 11.5 Å². The Labute approximate surface area is 147 Å². The number of benzene rings is 1. The molecule has 0 saturated carbocycles. The molecule has 10 nitrogen and oxygen atoms in total. The molecule has 0 heterocycles. The summed E-state index contributed by atoms with van der Waals surface area (Å²) in [7, 11) is -11.5. The van der Waals surface area contributed by atoms with Crippen LogP contribution in [0.15, 0.2) is 24.3 Å². The van der Waals surface area contributed by atoms with E-state index in [9.17, 15) is 25.3 Å². The summed E-state index contributed by atoms with van der Waals surface area (Å²) in [6, 6.07) is 5.75. The molecule has 0 aromatic heterocycles. The smallest absolute Gasteiger partial charge is 0.306 e. The largest absolute Gasteiger partial charge is 0.487 e. The highest BCUT2D eigenvalue weighted by molar-refractivity contribution is 7.86. The van der Waals surface area contributed by atoms with Crippen molar-refractivity contribution in [1.82, 2.24) is 0 Å². The highest BCUT2D eigenvalue weighted by Gasteiger charge is 2.20. The lowest BCUT2D eigenvalue weighted by molar-refractivity contribution is 0.0890. The van der Waals surface area contributed by atoms with Gasteiger partial charge in [-0.2, -0.15) is 25.3 Å². The molecule has 0 amide bonds. The highest BCUT2D eigenvalue weighted by atomic mass is 32.2. The second kappa shape index (κ2) is 8.31. The highest BCUT2D eigenvalue weighted by Crippen LogP contribution is 2.27. The van der Waals surface area contributed by atoms with E-state index in [1.807, 2.05) is 0 Å². The van der Waals surface area contributed by atoms with Crippen molar-refractivity contribution in [2.45, 2.75) is 6.10 Å². The minimum atomic E-state index is -3.92. The van der Waals surface area contributed by atoms with Crippen LogP contribution in [0.3, 0.4) is 0 Å². The summed E-state index contributed by atoms with van der Waals surface area (Å²) in [6.07, 6.45) is 1.14. The Bertz CT molecular complexity index is 887. The zero-order chi connectivity index (χ0) is 19.3. The third-order valence-electron chi connectivity index (χ3n) is 2.29. The van der Waals surface area contributed by atoms with Crippen molar-refractivity contribution in [3.8, 4) is 11.5 Å². The first-order chi connectivity index (χ1) is 11.3. The Morgan fingerprint density at radius 3 is 1.84 bits per heavy atom. The van der Waals surface area contributed by atoms with Crippen LogP contribution in [0.25, 0.3) is 0 Å². The molecule has 1 unspecified atom stereocenters. The quantitative estimate of drug-likeness (QED) is 0.466. The number of hydrogen-bond donors (Lipinski definition) is 0. The summed E-state index contributed by atoms with van der Waals surface area (Å²) < 4.78 is 86.3. The first-order valence-corrected chi connectivity index (χ1v) is 12.0. The van der Waals surface area contributed by atoms with Crippen molar-refractivity contribution in [2.24, 2.45) is 0 Å². The van der Waals surface area contributed by atoms with E-state index in [4.69, 9.17) is 13.1 Å². The molecule has 0 N–H and O–H groups in total. The molecule has 25 heavy (non-hydrogen) atoms. The van der Waals surface area contributed by atoms with E-state index >= 15 is 0 Å². The van der Waals surface area contributed by atoms with E-state index in [1.54, 1.807) is 0 Å². The molecule has 0 saturated heterocycles. The van der Waals surface area contributed by atoms with Crippen molar-refractivity contribution in [1.29, 1.82) is 0 Å². The Morgan fingerprint density at radius 2 is 1.36 bits per heavy atom. The fraction of sp³-hybridized carbons (Fsp3) is 0.500. The maximum absolute atomic E-state index is 11.2. The molecule has 13 heteroatoms. The van der Waals surface area contributed by atoms with E-state index in [0.29, 0.717) is 0 Å². The van der Waals surface area contributed by atoms with Gasteiger partial charge in [0.15, 0.2) is 11.5 Å². The van der Waals surface area contributed by atoms with Crippen LogP contribution in [-0.2, 0) is 38.7 Å². The van der Waals surface area contributed by atoms with Gasteiger partial charge in [-0.3, -0.25) is 8.37 Å². The molecule has 0 aliphatic carbocycles. The normalized spacial score (nSPS) is 14.0. The molecular formula is C12H18O10S3. The second-order valence-corrected chi connectivity index (χ2v) is 9.78. The second-order valence-electron chi connectivity index (χ2n) is 4.96. The standard InChI is InChI=1S/C12H18O10S3/c1-23(13,14)20-9-10(21-24(2,15)16)8-19-11-6-4-5-7-12(11)22-25(3,17)18/h4-7,10H,8-9H2,1-3H3. The zero-order valence-corrected chi connectivity index (χ0v) is 16.1. The molecular weight excluding hydrogens is 400 g/mol. The van der Waals surface area contributed by atoms with Gasteiger partial charge >= 0.3 is 10.1 Å². The molecule has 0 aliphatic heterocycles. The van der Waals surface area contributed by atoms with Crippen LogP contribution in [-0.4, -0.2) is 63.3 Å². The number of para-hydroxylation sites is 2. The van der Waals surface area contributed by atoms with Gasteiger partial charge in [-0.05, 0) is 12.1 Å². The van der Waals surface area contributed by atoms with Gasteiger partial charge in [-0.15, -0.1) is 0 Å². The van der Waals surface area contributed by atoms with E-state index in [0.717, 1.165) is 18.8 Å². The number of rotatable bonds is 10. The lowest BCUT2D eigenvalue weighted by Gasteiger charge is -2.17. The number of hydrogen-bond acceptors (Lipinski definition) is 10. The predicted octanol–water partition coefficient (Wildman–Crippen LogP) is -0.275. The average molecular weight is 418 g/mol. The molecule has 0 fully saturated rings. The molecule has 1 atom stereocenters. The third kappa shape index (κ3) is 10.2. The number of ether oxygens (including phenoxy) is 1. The van der Waals surface area contributed by atoms with Gasteiger partial charge in [-0.1, -0.05) is 12.1 Å². The molecule has 0 aliphatic rings. The van der Waals surface area contributed by atoms with Crippen LogP contribution in [0.4, 0.5) is 0 Å². The summed E-state index contributed by atoms with van der Waals surface area (Å²) in [5, 5.41) is 0. The first kappa shape index (κ1) is 21.6. The minimum absolute atomic E-state index is 0.00520. The topological polar surface area (TPSA) is 139 Å². The minimum Gasteiger partial charge on any atom is -0.487 e. The Kier molecular flexibility index (Phi) is 7.19. The SMILES string of the molecule is CS(=O)(=O)OCC(COc1ccccc1OS(C)(=O)=O)OS(C)(=O)=O. The van der Waals surface area contributed by atoms with Gasteiger partial charge in [-0.25, -0.2) is 0 Å².